The number of alkyl halides is 3. The average Bonchev–Trinajstić information content (AvgIpc) is 3.12. The summed E-state index contributed by atoms with van der Waals surface area (Å²) in [7, 11) is 0.995. The normalized spacial score (nSPS) is 22.8. The molecule has 1 aliphatic heterocycles. The number of benzene rings is 1. The summed E-state index contributed by atoms with van der Waals surface area (Å²) in [4.78, 5) is 40.7. The molecular formula is C24H25F5N4O6. The molecule has 0 spiro atoms. The molecule has 1 fully saturated rings. The van der Waals surface area contributed by atoms with E-state index in [1.165, 1.54) is 0 Å². The summed E-state index contributed by atoms with van der Waals surface area (Å²) in [6.07, 6.45) is -7.18. The number of aliphatic hydroxyl groups is 1. The number of hydrogen-bond donors (Lipinski definition) is 4. The Balaban J connectivity index is 2.06. The van der Waals surface area contributed by atoms with Gasteiger partial charge < -0.3 is 30.9 Å². The van der Waals surface area contributed by atoms with Gasteiger partial charge in [0.15, 0.2) is 17.2 Å². The van der Waals surface area contributed by atoms with Crippen molar-refractivity contribution in [1.82, 2.24) is 4.98 Å². The summed E-state index contributed by atoms with van der Waals surface area (Å²) in [5, 5.41) is 13.5. The maximum absolute atomic E-state index is 14.5. The minimum absolute atomic E-state index is 0.198. The van der Waals surface area contributed by atoms with Crippen molar-refractivity contribution < 1.29 is 50.9 Å². The first-order valence-corrected chi connectivity index (χ1v) is 11.4. The predicted molar refractivity (Wildman–Crippen MR) is 126 cm³/mol. The first-order chi connectivity index (χ1) is 18.1. The quantitative estimate of drug-likeness (QED) is 0.362. The highest BCUT2D eigenvalue weighted by Crippen LogP contribution is 2.55. The first kappa shape index (κ1) is 29.7. The van der Waals surface area contributed by atoms with Crippen LogP contribution >= 0.6 is 0 Å². The van der Waals surface area contributed by atoms with Crippen molar-refractivity contribution in [2.75, 3.05) is 24.4 Å². The first-order valence-electron chi connectivity index (χ1n) is 11.4. The fourth-order valence-electron chi connectivity index (χ4n) is 4.35. The van der Waals surface area contributed by atoms with Crippen molar-refractivity contribution in [2.45, 2.75) is 44.1 Å². The minimum atomic E-state index is -4.97. The molecule has 4 atom stereocenters. The molecule has 1 saturated heterocycles. The van der Waals surface area contributed by atoms with Crippen LogP contribution in [0.3, 0.4) is 0 Å². The zero-order chi connectivity index (χ0) is 29.3. The zero-order valence-electron chi connectivity index (χ0n) is 20.9. The third kappa shape index (κ3) is 5.78. The van der Waals surface area contributed by atoms with Crippen LogP contribution < -0.4 is 21.1 Å². The topological polar surface area (TPSA) is 153 Å². The van der Waals surface area contributed by atoms with E-state index < -0.39 is 77.1 Å². The van der Waals surface area contributed by atoms with E-state index in [4.69, 9.17) is 20.3 Å². The zero-order valence-corrected chi connectivity index (χ0v) is 20.9. The number of carbonyl (C=O) groups is 3. The molecule has 3 rings (SSSR count). The van der Waals surface area contributed by atoms with Crippen LogP contribution in [-0.2, 0) is 14.3 Å². The molecule has 5 N–H and O–H groups in total. The third-order valence-corrected chi connectivity index (χ3v) is 6.52. The molecule has 0 radical (unpaired) electrons. The van der Waals surface area contributed by atoms with Gasteiger partial charge in [-0.3, -0.25) is 14.4 Å². The van der Waals surface area contributed by atoms with Gasteiger partial charge in [-0.2, -0.15) is 17.6 Å². The van der Waals surface area contributed by atoms with Gasteiger partial charge in [0.1, 0.15) is 17.6 Å². The van der Waals surface area contributed by atoms with E-state index in [0.717, 1.165) is 39.2 Å². The second-order valence-corrected chi connectivity index (χ2v) is 8.94. The van der Waals surface area contributed by atoms with E-state index in [2.05, 4.69) is 15.6 Å². The lowest BCUT2D eigenvalue weighted by Gasteiger charge is -2.32. The lowest BCUT2D eigenvalue weighted by molar-refractivity contribution is -0.272. The number of nitrogens with one attached hydrogen (secondary N) is 2. The van der Waals surface area contributed by atoms with E-state index in [1.54, 1.807) is 0 Å². The Labute approximate surface area is 218 Å². The summed E-state index contributed by atoms with van der Waals surface area (Å²) in [6, 6.07) is 3.81. The molecular weight excluding hydrogens is 535 g/mol. The summed E-state index contributed by atoms with van der Waals surface area (Å²) >= 11 is 0. The molecule has 1 aliphatic rings. The van der Waals surface area contributed by atoms with Crippen LogP contribution in [0.4, 0.5) is 33.5 Å². The Morgan fingerprint density at radius 2 is 1.87 bits per heavy atom. The van der Waals surface area contributed by atoms with Gasteiger partial charge in [-0.05, 0) is 19.1 Å². The SMILES string of the molecule is COc1c([C@H]2[C@H](C(=O)Nc3cc(NC(=O)CCO)nc(C(N)=O)c3)O[C@@](C)(C(F)(F)F)[C@H]2C)ccc(F)c1F. The number of pyridine rings is 1. The van der Waals surface area contributed by atoms with E-state index >= 15 is 0 Å². The van der Waals surface area contributed by atoms with Crippen molar-refractivity contribution in [3.63, 3.8) is 0 Å². The Bertz CT molecular complexity index is 1290. The summed E-state index contributed by atoms with van der Waals surface area (Å²) in [5.74, 6) is -9.54. The van der Waals surface area contributed by atoms with Gasteiger partial charge in [-0.1, -0.05) is 13.0 Å². The maximum Gasteiger partial charge on any atom is 0.417 e. The number of carbonyl (C=O) groups excluding carboxylic acids is 3. The summed E-state index contributed by atoms with van der Waals surface area (Å²) < 4.78 is 80.9. The van der Waals surface area contributed by atoms with Crippen LogP contribution in [0.2, 0.25) is 0 Å². The molecule has 39 heavy (non-hydrogen) atoms. The molecule has 0 unspecified atom stereocenters. The van der Waals surface area contributed by atoms with Crippen LogP contribution in [0, 0.1) is 17.6 Å². The predicted octanol–water partition coefficient (Wildman–Crippen LogP) is 2.87. The van der Waals surface area contributed by atoms with Crippen molar-refractivity contribution in [3.8, 4) is 5.75 Å². The molecule has 10 nitrogen and oxygen atoms in total. The average molecular weight is 560 g/mol. The monoisotopic (exact) mass is 560 g/mol. The molecule has 1 aromatic carbocycles. The van der Waals surface area contributed by atoms with E-state index in [1.807, 2.05) is 0 Å². The van der Waals surface area contributed by atoms with Crippen LogP contribution in [0.1, 0.15) is 42.2 Å². The molecule has 2 heterocycles. The molecule has 212 valence electrons. The number of methoxy groups -OCH3 is 1. The molecule has 3 amide bonds. The fraction of sp³-hybridized carbons (Fsp3) is 0.417. The highest BCUT2D eigenvalue weighted by molar-refractivity contribution is 5.99. The minimum Gasteiger partial charge on any atom is -0.493 e. The van der Waals surface area contributed by atoms with Gasteiger partial charge in [0, 0.05) is 29.2 Å². The lowest BCUT2D eigenvalue weighted by Crippen LogP contribution is -2.47. The van der Waals surface area contributed by atoms with Crippen molar-refractivity contribution in [2.24, 2.45) is 11.7 Å². The van der Waals surface area contributed by atoms with E-state index in [-0.39, 0.29) is 23.5 Å². The summed E-state index contributed by atoms with van der Waals surface area (Å²) in [5.41, 5.74) is 1.53. The van der Waals surface area contributed by atoms with Crippen molar-refractivity contribution >= 4 is 29.2 Å². The molecule has 0 saturated carbocycles. The van der Waals surface area contributed by atoms with Gasteiger partial charge >= 0.3 is 6.18 Å². The van der Waals surface area contributed by atoms with E-state index in [0.29, 0.717) is 6.07 Å². The largest absolute Gasteiger partial charge is 0.493 e. The third-order valence-electron chi connectivity index (χ3n) is 6.52. The standard InChI is InChI=1S/C24H25F5N4O6/c1-10-17(12-4-5-13(25)18(26)19(12)38-3)20(39-23(10,2)24(27,28)29)22(37)31-11-8-14(21(30)36)32-15(9-11)33-16(35)6-7-34/h4-5,8-10,17,20,34H,6-7H2,1-3H3,(H2,30,36)(H2,31,32,33,35,37)/t10-,17-,20+,23+/m0/s1. The molecule has 15 heteroatoms. The number of nitrogens with zero attached hydrogens (tertiary/aromatic N) is 1. The number of aromatic nitrogens is 1. The number of hydrogen-bond acceptors (Lipinski definition) is 7. The Hall–Kier alpha value is -3.85. The number of halogens is 5. The van der Waals surface area contributed by atoms with Crippen LogP contribution in [0.15, 0.2) is 24.3 Å². The number of aliphatic hydroxyl groups excluding tert-OH is 1. The van der Waals surface area contributed by atoms with Crippen molar-refractivity contribution in [3.05, 3.63) is 47.2 Å². The lowest BCUT2D eigenvalue weighted by atomic mass is 9.77. The number of ether oxygens (including phenoxy) is 2. The Morgan fingerprint density at radius 3 is 2.44 bits per heavy atom. The fourth-order valence-corrected chi connectivity index (χ4v) is 4.35. The smallest absolute Gasteiger partial charge is 0.417 e. The van der Waals surface area contributed by atoms with Gasteiger partial charge in [0.2, 0.25) is 11.7 Å². The van der Waals surface area contributed by atoms with Gasteiger partial charge in [0.25, 0.3) is 11.8 Å². The Kier molecular flexibility index (Phi) is 8.45. The number of anilines is 2. The highest BCUT2D eigenvalue weighted by Gasteiger charge is 2.65. The molecule has 1 aromatic heterocycles. The van der Waals surface area contributed by atoms with Gasteiger partial charge in [-0.25, -0.2) is 9.37 Å². The van der Waals surface area contributed by atoms with Gasteiger partial charge in [-0.15, -0.1) is 0 Å². The maximum atomic E-state index is 14.5. The summed E-state index contributed by atoms with van der Waals surface area (Å²) in [6.45, 7) is 1.39. The highest BCUT2D eigenvalue weighted by atomic mass is 19.4. The van der Waals surface area contributed by atoms with Crippen LogP contribution in [0.5, 0.6) is 5.75 Å². The number of nitrogens with two attached hydrogens (primary N) is 1. The number of amides is 3. The Morgan fingerprint density at radius 1 is 1.21 bits per heavy atom. The molecule has 0 aliphatic carbocycles. The molecule has 2 aromatic rings. The molecule has 0 bridgehead atoms. The van der Waals surface area contributed by atoms with E-state index in [9.17, 15) is 36.3 Å². The number of rotatable bonds is 8. The second kappa shape index (κ2) is 11.1. The second-order valence-electron chi connectivity index (χ2n) is 8.94. The van der Waals surface area contributed by atoms with Crippen LogP contribution in [-0.4, -0.2) is 59.4 Å². The van der Waals surface area contributed by atoms with Gasteiger partial charge in [0.05, 0.1) is 20.1 Å². The number of primary amides is 1. The van der Waals surface area contributed by atoms with Crippen molar-refractivity contribution in [1.29, 1.82) is 0 Å². The van der Waals surface area contributed by atoms with Crippen LogP contribution in [0.25, 0.3) is 0 Å².